The van der Waals surface area contributed by atoms with Gasteiger partial charge in [-0.2, -0.15) is 0 Å². The lowest BCUT2D eigenvalue weighted by Gasteiger charge is -2.40. The lowest BCUT2D eigenvalue weighted by Crippen LogP contribution is -2.56. The molecule has 0 saturated carbocycles. The second-order valence-corrected chi connectivity index (χ2v) is 5.46. The number of carbonyl (C=O) groups is 2. The highest BCUT2D eigenvalue weighted by Crippen LogP contribution is 2.17. The van der Waals surface area contributed by atoms with Gasteiger partial charge >= 0.3 is 12.2 Å². The summed E-state index contributed by atoms with van der Waals surface area (Å²) in [5.74, 6) is 0. The lowest BCUT2D eigenvalue weighted by molar-refractivity contribution is -0.000638. The fourth-order valence-electron chi connectivity index (χ4n) is 1.94. The van der Waals surface area contributed by atoms with Gasteiger partial charge in [0.05, 0.1) is 6.04 Å². The summed E-state index contributed by atoms with van der Waals surface area (Å²) >= 11 is 0. The minimum Gasteiger partial charge on any atom is -0.465 e. The predicted octanol–water partition coefficient (Wildman–Crippen LogP) is 2.00. The molecule has 104 valence electrons. The van der Waals surface area contributed by atoms with Crippen LogP contribution < -0.4 is 0 Å². The van der Waals surface area contributed by atoms with Crippen LogP contribution in [-0.2, 0) is 4.74 Å². The van der Waals surface area contributed by atoms with E-state index in [0.717, 1.165) is 0 Å². The van der Waals surface area contributed by atoms with Crippen molar-refractivity contribution in [2.24, 2.45) is 0 Å². The van der Waals surface area contributed by atoms with E-state index in [1.165, 1.54) is 4.90 Å². The van der Waals surface area contributed by atoms with Crippen LogP contribution in [0.4, 0.5) is 9.59 Å². The van der Waals surface area contributed by atoms with Crippen molar-refractivity contribution in [3.63, 3.8) is 0 Å². The average Bonchev–Trinajstić information content (AvgIpc) is 2.25. The molecule has 1 aliphatic heterocycles. The topological polar surface area (TPSA) is 70.1 Å². The van der Waals surface area contributed by atoms with Gasteiger partial charge in [-0.3, -0.25) is 0 Å². The zero-order valence-corrected chi connectivity index (χ0v) is 11.5. The van der Waals surface area contributed by atoms with E-state index in [1.54, 1.807) is 4.90 Å². The maximum Gasteiger partial charge on any atom is 0.410 e. The molecular formula is C12H22N2O4. The molecule has 0 aliphatic carbocycles. The molecule has 0 aromatic rings. The predicted molar refractivity (Wildman–Crippen MR) is 66.6 cm³/mol. The number of nitrogens with zero attached hydrogens (tertiary/aromatic N) is 2. The zero-order valence-electron chi connectivity index (χ0n) is 11.5. The van der Waals surface area contributed by atoms with Crippen LogP contribution in [0.5, 0.6) is 0 Å². The van der Waals surface area contributed by atoms with E-state index in [2.05, 4.69) is 0 Å². The van der Waals surface area contributed by atoms with Gasteiger partial charge in [0.25, 0.3) is 0 Å². The monoisotopic (exact) mass is 258 g/mol. The van der Waals surface area contributed by atoms with Gasteiger partial charge in [-0.05, 0) is 27.2 Å². The van der Waals surface area contributed by atoms with E-state index in [9.17, 15) is 9.59 Å². The number of hydrogen-bond donors (Lipinski definition) is 1. The van der Waals surface area contributed by atoms with E-state index in [1.807, 2.05) is 27.7 Å². The fraction of sp³-hybridized carbons (Fsp3) is 0.833. The van der Waals surface area contributed by atoms with Crippen LogP contribution in [0.3, 0.4) is 0 Å². The molecule has 1 heterocycles. The summed E-state index contributed by atoms with van der Waals surface area (Å²) in [6.07, 6.45) is -0.583. The van der Waals surface area contributed by atoms with Gasteiger partial charge in [0.1, 0.15) is 5.60 Å². The van der Waals surface area contributed by atoms with Gasteiger partial charge in [0.2, 0.25) is 0 Å². The standard InChI is InChI=1S/C12H22N2O4/c1-5-9-8-13(10(15)16)6-7-14(9)11(17)18-12(2,3)4/h9H,5-8H2,1-4H3,(H,15,16). The van der Waals surface area contributed by atoms with Crippen molar-refractivity contribution in [1.29, 1.82) is 0 Å². The number of carbonyl (C=O) groups excluding carboxylic acids is 1. The van der Waals surface area contributed by atoms with Crippen molar-refractivity contribution in [1.82, 2.24) is 9.80 Å². The van der Waals surface area contributed by atoms with Crippen LogP contribution in [0.15, 0.2) is 0 Å². The normalized spacial score (nSPS) is 20.8. The molecule has 1 unspecified atom stereocenters. The number of ether oxygens (including phenoxy) is 1. The smallest absolute Gasteiger partial charge is 0.410 e. The van der Waals surface area contributed by atoms with Crippen LogP contribution in [0.2, 0.25) is 0 Å². The quantitative estimate of drug-likeness (QED) is 0.781. The molecule has 1 aliphatic rings. The minimum absolute atomic E-state index is 0.107. The maximum atomic E-state index is 12.0. The number of carboxylic acid groups (broad SMARTS) is 1. The van der Waals surface area contributed by atoms with E-state index in [0.29, 0.717) is 26.1 Å². The average molecular weight is 258 g/mol. The number of piperazine rings is 1. The molecule has 0 spiro atoms. The summed E-state index contributed by atoms with van der Waals surface area (Å²) in [5, 5.41) is 8.95. The summed E-state index contributed by atoms with van der Waals surface area (Å²) in [6, 6.07) is -0.107. The Morgan fingerprint density at radius 3 is 2.39 bits per heavy atom. The molecule has 0 radical (unpaired) electrons. The van der Waals surface area contributed by atoms with Crippen molar-refractivity contribution in [3.05, 3.63) is 0 Å². The molecule has 1 rings (SSSR count). The zero-order chi connectivity index (χ0) is 13.9. The van der Waals surface area contributed by atoms with E-state index in [-0.39, 0.29) is 12.1 Å². The van der Waals surface area contributed by atoms with Crippen molar-refractivity contribution in [3.8, 4) is 0 Å². The van der Waals surface area contributed by atoms with Crippen LogP contribution in [0, 0.1) is 0 Å². The number of rotatable bonds is 1. The van der Waals surface area contributed by atoms with Crippen LogP contribution in [0.1, 0.15) is 34.1 Å². The molecule has 6 heteroatoms. The Morgan fingerprint density at radius 2 is 1.94 bits per heavy atom. The Hall–Kier alpha value is -1.46. The third kappa shape index (κ3) is 3.78. The van der Waals surface area contributed by atoms with Crippen LogP contribution in [0.25, 0.3) is 0 Å². The molecule has 1 atom stereocenters. The Labute approximate surface area is 107 Å². The molecule has 6 nitrogen and oxygen atoms in total. The molecule has 1 saturated heterocycles. The fourth-order valence-corrected chi connectivity index (χ4v) is 1.94. The van der Waals surface area contributed by atoms with Gasteiger partial charge < -0.3 is 19.6 Å². The number of hydrogen-bond acceptors (Lipinski definition) is 3. The van der Waals surface area contributed by atoms with Gasteiger partial charge in [0, 0.05) is 19.6 Å². The molecule has 0 aromatic heterocycles. The van der Waals surface area contributed by atoms with Gasteiger partial charge in [-0.15, -0.1) is 0 Å². The van der Waals surface area contributed by atoms with Gasteiger partial charge in [-0.25, -0.2) is 9.59 Å². The summed E-state index contributed by atoms with van der Waals surface area (Å²) in [6.45, 7) is 8.47. The third-order valence-electron chi connectivity index (χ3n) is 2.85. The SMILES string of the molecule is CCC1CN(C(=O)O)CCN1C(=O)OC(C)(C)C. The molecule has 1 N–H and O–H groups in total. The van der Waals surface area contributed by atoms with Crippen molar-refractivity contribution >= 4 is 12.2 Å². The van der Waals surface area contributed by atoms with E-state index < -0.39 is 11.7 Å². The summed E-state index contributed by atoms with van der Waals surface area (Å²) in [7, 11) is 0. The highest BCUT2D eigenvalue weighted by molar-refractivity contribution is 5.70. The Balaban J connectivity index is 2.67. The molecular weight excluding hydrogens is 236 g/mol. The highest BCUT2D eigenvalue weighted by atomic mass is 16.6. The van der Waals surface area contributed by atoms with Crippen molar-refractivity contribution in [2.45, 2.75) is 45.8 Å². The molecule has 18 heavy (non-hydrogen) atoms. The van der Waals surface area contributed by atoms with Crippen molar-refractivity contribution < 1.29 is 19.4 Å². The van der Waals surface area contributed by atoms with E-state index >= 15 is 0 Å². The maximum absolute atomic E-state index is 12.0. The number of amides is 2. The minimum atomic E-state index is -0.933. The summed E-state index contributed by atoms with van der Waals surface area (Å²) in [4.78, 5) is 25.9. The second kappa shape index (κ2) is 5.46. The first-order valence-electron chi connectivity index (χ1n) is 6.22. The van der Waals surface area contributed by atoms with Crippen molar-refractivity contribution in [2.75, 3.05) is 19.6 Å². The molecule has 0 aromatic carbocycles. The molecule has 2 amide bonds. The first-order chi connectivity index (χ1) is 8.24. The van der Waals surface area contributed by atoms with Crippen LogP contribution in [-0.4, -0.2) is 58.4 Å². The third-order valence-corrected chi connectivity index (χ3v) is 2.85. The van der Waals surface area contributed by atoms with Gasteiger partial charge in [0.15, 0.2) is 0 Å². The Kier molecular flexibility index (Phi) is 4.43. The Morgan fingerprint density at radius 1 is 1.33 bits per heavy atom. The van der Waals surface area contributed by atoms with Crippen LogP contribution >= 0.6 is 0 Å². The summed E-state index contributed by atoms with van der Waals surface area (Å²) in [5.41, 5.74) is -0.528. The first kappa shape index (κ1) is 14.6. The van der Waals surface area contributed by atoms with E-state index in [4.69, 9.17) is 9.84 Å². The Bertz CT molecular complexity index is 325. The lowest BCUT2D eigenvalue weighted by atomic mass is 10.1. The van der Waals surface area contributed by atoms with Gasteiger partial charge in [-0.1, -0.05) is 6.92 Å². The molecule has 1 fully saturated rings. The second-order valence-electron chi connectivity index (χ2n) is 5.46. The molecule has 0 bridgehead atoms. The highest BCUT2D eigenvalue weighted by Gasteiger charge is 2.33. The first-order valence-corrected chi connectivity index (χ1v) is 6.22. The summed E-state index contributed by atoms with van der Waals surface area (Å²) < 4.78 is 5.33. The largest absolute Gasteiger partial charge is 0.465 e.